The number of carbonyl (C=O) groups is 1. The van der Waals surface area contributed by atoms with E-state index in [1.807, 2.05) is 6.92 Å². The van der Waals surface area contributed by atoms with Crippen LogP contribution in [0.15, 0.2) is 18.2 Å². The van der Waals surface area contributed by atoms with Crippen LogP contribution < -0.4 is 15.8 Å². The van der Waals surface area contributed by atoms with Gasteiger partial charge in [-0.25, -0.2) is 4.39 Å². The maximum atomic E-state index is 13.3. The van der Waals surface area contributed by atoms with Crippen molar-refractivity contribution < 1.29 is 13.9 Å². The molecule has 5 heteroatoms. The summed E-state index contributed by atoms with van der Waals surface area (Å²) in [7, 11) is 1.53. The second-order valence-electron chi connectivity index (χ2n) is 5.13. The Bertz CT molecular complexity index is 452. The summed E-state index contributed by atoms with van der Waals surface area (Å²) >= 11 is 0. The van der Waals surface area contributed by atoms with Crippen molar-refractivity contribution in [3.05, 3.63) is 29.6 Å². The third-order valence-electron chi connectivity index (χ3n) is 3.39. The van der Waals surface area contributed by atoms with Crippen molar-refractivity contribution in [2.45, 2.75) is 45.1 Å². The molecule has 1 aromatic rings. The normalized spacial score (nSPS) is 12.0. The largest absolute Gasteiger partial charge is 0.496 e. The summed E-state index contributed by atoms with van der Waals surface area (Å²) in [4.78, 5) is 11.9. The molecule has 1 amide bonds. The van der Waals surface area contributed by atoms with Gasteiger partial charge in [-0.2, -0.15) is 0 Å². The Labute approximate surface area is 125 Å². The van der Waals surface area contributed by atoms with E-state index < -0.39 is 0 Å². The lowest BCUT2D eigenvalue weighted by molar-refractivity contribution is -0.121. The van der Waals surface area contributed by atoms with Crippen LogP contribution in [0, 0.1) is 5.82 Å². The van der Waals surface area contributed by atoms with E-state index in [1.54, 1.807) is 6.07 Å². The third-order valence-corrected chi connectivity index (χ3v) is 3.39. The van der Waals surface area contributed by atoms with E-state index in [2.05, 4.69) is 5.32 Å². The number of rotatable bonds is 9. The van der Waals surface area contributed by atoms with E-state index in [-0.39, 0.29) is 17.8 Å². The van der Waals surface area contributed by atoms with Gasteiger partial charge in [0.2, 0.25) is 5.91 Å². The zero-order chi connectivity index (χ0) is 15.7. The molecule has 0 fully saturated rings. The predicted octanol–water partition coefficient (Wildman–Crippen LogP) is 2.92. The van der Waals surface area contributed by atoms with Gasteiger partial charge in [0.15, 0.2) is 0 Å². The highest BCUT2D eigenvalue weighted by Crippen LogP contribution is 2.25. The molecule has 118 valence electrons. The Morgan fingerprint density at radius 2 is 2.05 bits per heavy atom. The molecule has 1 aromatic carbocycles. The molecule has 0 bridgehead atoms. The molecule has 3 N–H and O–H groups in total. The lowest BCUT2D eigenvalue weighted by atomic mass is 10.1. The highest BCUT2D eigenvalue weighted by atomic mass is 19.1. The quantitative estimate of drug-likeness (QED) is 0.689. The summed E-state index contributed by atoms with van der Waals surface area (Å²) < 4.78 is 18.5. The van der Waals surface area contributed by atoms with Crippen molar-refractivity contribution >= 4 is 5.91 Å². The zero-order valence-corrected chi connectivity index (χ0v) is 12.8. The molecule has 1 unspecified atom stereocenters. The first kappa shape index (κ1) is 17.4. The van der Waals surface area contributed by atoms with Gasteiger partial charge in [0.25, 0.3) is 0 Å². The van der Waals surface area contributed by atoms with E-state index in [0.717, 1.165) is 25.7 Å². The van der Waals surface area contributed by atoms with Gasteiger partial charge >= 0.3 is 0 Å². The standard InChI is InChI=1S/C16H25FN2O2/c1-12(14-11-13(17)8-9-15(14)21-2)19-16(20)7-5-3-4-6-10-18/h8-9,11-12H,3-7,10,18H2,1-2H3,(H,19,20). The molecule has 0 radical (unpaired) electrons. The Kier molecular flexibility index (Phi) is 7.75. The molecular weight excluding hydrogens is 271 g/mol. The minimum absolute atomic E-state index is 0.0263. The first-order valence-electron chi connectivity index (χ1n) is 7.41. The van der Waals surface area contributed by atoms with Gasteiger partial charge in [-0.3, -0.25) is 4.79 Å². The van der Waals surface area contributed by atoms with Gasteiger partial charge in [0.1, 0.15) is 11.6 Å². The second-order valence-corrected chi connectivity index (χ2v) is 5.13. The fraction of sp³-hybridized carbons (Fsp3) is 0.562. The van der Waals surface area contributed by atoms with Gasteiger partial charge < -0.3 is 15.8 Å². The summed E-state index contributed by atoms with van der Waals surface area (Å²) in [5, 5.41) is 2.88. The number of carbonyl (C=O) groups excluding carboxylic acids is 1. The first-order chi connectivity index (χ1) is 10.1. The van der Waals surface area contributed by atoms with Crippen LogP contribution in [-0.4, -0.2) is 19.6 Å². The molecule has 0 heterocycles. The summed E-state index contributed by atoms with van der Waals surface area (Å²) in [6, 6.07) is 4.02. The number of unbranched alkanes of at least 4 members (excludes halogenated alkanes) is 3. The van der Waals surface area contributed by atoms with E-state index >= 15 is 0 Å². The number of hydrogen-bond donors (Lipinski definition) is 2. The minimum Gasteiger partial charge on any atom is -0.496 e. The minimum atomic E-state index is -0.339. The average Bonchev–Trinajstić information content (AvgIpc) is 2.47. The molecule has 0 aliphatic carbocycles. The topological polar surface area (TPSA) is 64.3 Å². The van der Waals surface area contributed by atoms with Gasteiger partial charge in [-0.05, 0) is 44.5 Å². The maximum Gasteiger partial charge on any atom is 0.220 e. The van der Waals surface area contributed by atoms with Crippen molar-refractivity contribution in [1.82, 2.24) is 5.32 Å². The number of amides is 1. The van der Waals surface area contributed by atoms with E-state index in [0.29, 0.717) is 24.3 Å². The number of halogens is 1. The molecule has 0 aliphatic rings. The fourth-order valence-corrected chi connectivity index (χ4v) is 2.22. The third kappa shape index (κ3) is 6.12. The van der Waals surface area contributed by atoms with Crippen molar-refractivity contribution in [2.24, 2.45) is 5.73 Å². The lowest BCUT2D eigenvalue weighted by Crippen LogP contribution is -2.26. The number of nitrogens with two attached hydrogens (primary N) is 1. The van der Waals surface area contributed by atoms with Crippen molar-refractivity contribution in [1.29, 1.82) is 0 Å². The number of methoxy groups -OCH3 is 1. The molecular formula is C16H25FN2O2. The summed E-state index contributed by atoms with van der Waals surface area (Å²) in [6.07, 6.45) is 4.38. The number of benzene rings is 1. The summed E-state index contributed by atoms with van der Waals surface area (Å²) in [5.74, 6) is 0.211. The van der Waals surface area contributed by atoms with Crippen LogP contribution in [-0.2, 0) is 4.79 Å². The molecule has 0 saturated heterocycles. The predicted molar refractivity (Wildman–Crippen MR) is 81.6 cm³/mol. The molecule has 0 saturated carbocycles. The van der Waals surface area contributed by atoms with Crippen molar-refractivity contribution in [3.8, 4) is 5.75 Å². The maximum absolute atomic E-state index is 13.3. The Morgan fingerprint density at radius 3 is 2.71 bits per heavy atom. The second kappa shape index (κ2) is 9.34. The molecule has 21 heavy (non-hydrogen) atoms. The molecule has 1 atom stereocenters. The fourth-order valence-electron chi connectivity index (χ4n) is 2.22. The summed E-state index contributed by atoms with van der Waals surface area (Å²) in [5.41, 5.74) is 6.07. The average molecular weight is 296 g/mol. The number of nitrogens with one attached hydrogen (secondary N) is 1. The van der Waals surface area contributed by atoms with Gasteiger partial charge in [0, 0.05) is 12.0 Å². The van der Waals surface area contributed by atoms with Gasteiger partial charge in [-0.1, -0.05) is 12.8 Å². The molecule has 0 aromatic heterocycles. The Morgan fingerprint density at radius 1 is 1.33 bits per heavy atom. The van der Waals surface area contributed by atoms with Crippen LogP contribution in [0.3, 0.4) is 0 Å². The zero-order valence-electron chi connectivity index (χ0n) is 12.8. The molecule has 4 nitrogen and oxygen atoms in total. The lowest BCUT2D eigenvalue weighted by Gasteiger charge is -2.17. The SMILES string of the molecule is COc1ccc(F)cc1C(C)NC(=O)CCCCCCN. The Hall–Kier alpha value is -1.62. The molecule has 0 spiro atoms. The van der Waals surface area contributed by atoms with Crippen molar-refractivity contribution in [2.75, 3.05) is 13.7 Å². The smallest absolute Gasteiger partial charge is 0.220 e. The van der Waals surface area contributed by atoms with Crippen LogP contribution in [0.2, 0.25) is 0 Å². The highest BCUT2D eigenvalue weighted by Gasteiger charge is 2.14. The molecule has 1 rings (SSSR count). The monoisotopic (exact) mass is 296 g/mol. The first-order valence-corrected chi connectivity index (χ1v) is 7.41. The number of hydrogen-bond acceptors (Lipinski definition) is 3. The van der Waals surface area contributed by atoms with Gasteiger partial charge in [0.05, 0.1) is 13.2 Å². The summed E-state index contributed by atoms with van der Waals surface area (Å²) in [6.45, 7) is 2.52. The van der Waals surface area contributed by atoms with E-state index in [1.165, 1.54) is 19.2 Å². The van der Waals surface area contributed by atoms with E-state index in [4.69, 9.17) is 10.5 Å². The van der Waals surface area contributed by atoms with Crippen molar-refractivity contribution in [3.63, 3.8) is 0 Å². The van der Waals surface area contributed by atoms with Crippen LogP contribution in [0.1, 0.15) is 50.6 Å². The number of ether oxygens (including phenoxy) is 1. The van der Waals surface area contributed by atoms with E-state index in [9.17, 15) is 9.18 Å². The molecule has 0 aliphatic heterocycles. The highest BCUT2D eigenvalue weighted by molar-refractivity contribution is 5.76. The van der Waals surface area contributed by atoms with Gasteiger partial charge in [-0.15, -0.1) is 0 Å². The Balaban J connectivity index is 2.47. The van der Waals surface area contributed by atoms with Crippen LogP contribution >= 0.6 is 0 Å². The van der Waals surface area contributed by atoms with Crippen LogP contribution in [0.25, 0.3) is 0 Å². The van der Waals surface area contributed by atoms with Crippen LogP contribution in [0.5, 0.6) is 5.75 Å². The van der Waals surface area contributed by atoms with Crippen LogP contribution in [0.4, 0.5) is 4.39 Å².